The summed E-state index contributed by atoms with van der Waals surface area (Å²) in [5, 5.41) is 9.07. The molecule has 31 heavy (non-hydrogen) atoms. The molecule has 0 radical (unpaired) electrons. The SMILES string of the molecule is CC1=C(C(N)=O)[C@@H](c2ccc3c(c2)OCO3)n2nc(SCc3ccccc3Cl)nc2N1. The number of nitrogens with two attached hydrogens (primary N) is 1. The number of thioether (sulfide) groups is 1. The van der Waals surface area contributed by atoms with Crippen molar-refractivity contribution in [3.8, 4) is 11.5 Å². The maximum absolute atomic E-state index is 12.3. The van der Waals surface area contributed by atoms with Crippen molar-refractivity contribution in [2.75, 3.05) is 12.1 Å². The Morgan fingerprint density at radius 1 is 1.29 bits per heavy atom. The van der Waals surface area contributed by atoms with Crippen molar-refractivity contribution >= 4 is 35.2 Å². The predicted molar refractivity (Wildman–Crippen MR) is 117 cm³/mol. The summed E-state index contributed by atoms with van der Waals surface area (Å²) < 4.78 is 12.6. The van der Waals surface area contributed by atoms with Gasteiger partial charge in [-0.15, -0.1) is 5.10 Å². The van der Waals surface area contributed by atoms with E-state index in [9.17, 15) is 4.79 Å². The van der Waals surface area contributed by atoms with Crippen LogP contribution in [-0.2, 0) is 10.5 Å². The summed E-state index contributed by atoms with van der Waals surface area (Å²) in [7, 11) is 0. The molecule has 3 N–H and O–H groups in total. The predicted octanol–water partition coefficient (Wildman–Crippen LogP) is 3.73. The molecule has 2 aromatic carbocycles. The van der Waals surface area contributed by atoms with Gasteiger partial charge in [-0.3, -0.25) is 4.79 Å². The largest absolute Gasteiger partial charge is 0.454 e. The molecule has 0 fully saturated rings. The number of anilines is 1. The van der Waals surface area contributed by atoms with Crippen LogP contribution in [0.25, 0.3) is 0 Å². The van der Waals surface area contributed by atoms with Gasteiger partial charge in [-0.2, -0.15) is 4.98 Å². The summed E-state index contributed by atoms with van der Waals surface area (Å²) in [6.45, 7) is 1.97. The lowest BCUT2D eigenvalue weighted by Gasteiger charge is -2.27. The number of hydrogen-bond donors (Lipinski definition) is 2. The molecular weight excluding hydrogens is 438 g/mol. The quantitative estimate of drug-likeness (QED) is 0.565. The number of nitrogens with zero attached hydrogens (tertiary/aromatic N) is 3. The summed E-state index contributed by atoms with van der Waals surface area (Å²) >= 11 is 7.72. The molecule has 8 nitrogen and oxygen atoms in total. The Labute approximate surface area is 187 Å². The van der Waals surface area contributed by atoms with Crippen molar-refractivity contribution in [1.82, 2.24) is 14.8 Å². The molecule has 0 spiro atoms. The monoisotopic (exact) mass is 455 g/mol. The van der Waals surface area contributed by atoms with Gasteiger partial charge in [0.15, 0.2) is 11.5 Å². The number of rotatable bonds is 5. The molecule has 1 aromatic heterocycles. The van der Waals surface area contributed by atoms with Gasteiger partial charge in [-0.1, -0.05) is 47.6 Å². The molecule has 0 bridgehead atoms. The Hall–Kier alpha value is -3.17. The lowest BCUT2D eigenvalue weighted by Crippen LogP contribution is -2.31. The highest BCUT2D eigenvalue weighted by molar-refractivity contribution is 7.98. The van der Waals surface area contributed by atoms with Crippen LogP contribution in [0.2, 0.25) is 5.02 Å². The van der Waals surface area contributed by atoms with E-state index in [1.165, 1.54) is 11.8 Å². The first kappa shape index (κ1) is 19.8. The van der Waals surface area contributed by atoms with Crippen LogP contribution in [0, 0.1) is 0 Å². The number of halogens is 1. The van der Waals surface area contributed by atoms with Crippen molar-refractivity contribution < 1.29 is 14.3 Å². The van der Waals surface area contributed by atoms with Gasteiger partial charge in [-0.25, -0.2) is 4.68 Å². The van der Waals surface area contributed by atoms with Crippen molar-refractivity contribution in [3.63, 3.8) is 0 Å². The standard InChI is InChI=1S/C21H18ClN5O3S/c1-11-17(19(23)28)18(12-6-7-15-16(8-12)30-10-29-15)27-20(24-11)25-21(26-27)31-9-13-4-2-3-5-14(13)22/h2-8,18H,9-10H2,1H3,(H2,23,28)(H,24,25,26)/t18-/m1/s1. The second kappa shape index (κ2) is 7.82. The van der Waals surface area contributed by atoms with Crippen LogP contribution in [-0.4, -0.2) is 27.5 Å². The van der Waals surface area contributed by atoms with Gasteiger partial charge in [0.2, 0.25) is 23.8 Å². The van der Waals surface area contributed by atoms with Gasteiger partial charge in [0.05, 0.1) is 5.57 Å². The summed E-state index contributed by atoms with van der Waals surface area (Å²) in [5.41, 5.74) is 8.59. The third-order valence-electron chi connectivity index (χ3n) is 5.13. The molecule has 0 saturated heterocycles. The van der Waals surface area contributed by atoms with Crippen LogP contribution >= 0.6 is 23.4 Å². The maximum Gasteiger partial charge on any atom is 0.248 e. The minimum Gasteiger partial charge on any atom is -0.454 e. The lowest BCUT2D eigenvalue weighted by molar-refractivity contribution is -0.115. The molecule has 5 rings (SSSR count). The van der Waals surface area contributed by atoms with E-state index in [0.29, 0.717) is 44.6 Å². The molecule has 0 aliphatic carbocycles. The van der Waals surface area contributed by atoms with E-state index in [4.69, 9.17) is 26.8 Å². The van der Waals surface area contributed by atoms with Crippen molar-refractivity contribution in [2.45, 2.75) is 23.9 Å². The van der Waals surface area contributed by atoms with Crippen molar-refractivity contribution in [3.05, 3.63) is 69.9 Å². The Kier molecular flexibility index (Phi) is 4.99. The second-order valence-corrected chi connectivity index (χ2v) is 8.44. The number of carbonyl (C=O) groups excluding carboxylic acids is 1. The molecule has 2 aliphatic heterocycles. The maximum atomic E-state index is 12.3. The van der Waals surface area contributed by atoms with Crippen LogP contribution in [0.5, 0.6) is 11.5 Å². The molecule has 158 valence electrons. The average Bonchev–Trinajstić information content (AvgIpc) is 3.37. The fraction of sp³-hybridized carbons (Fsp3) is 0.190. The van der Waals surface area contributed by atoms with Crippen LogP contribution in [0.15, 0.2) is 58.9 Å². The van der Waals surface area contributed by atoms with E-state index in [1.807, 2.05) is 42.5 Å². The summed E-state index contributed by atoms with van der Waals surface area (Å²) in [6, 6.07) is 12.7. The number of ether oxygens (including phenoxy) is 2. The molecule has 2 aliphatic rings. The molecule has 1 amide bonds. The Balaban J connectivity index is 1.51. The number of allylic oxidation sites excluding steroid dienone is 1. The van der Waals surface area contributed by atoms with Crippen LogP contribution in [0.1, 0.15) is 24.1 Å². The van der Waals surface area contributed by atoms with Gasteiger partial charge < -0.3 is 20.5 Å². The van der Waals surface area contributed by atoms with E-state index in [2.05, 4.69) is 15.4 Å². The van der Waals surface area contributed by atoms with Gasteiger partial charge in [0.1, 0.15) is 6.04 Å². The van der Waals surface area contributed by atoms with Gasteiger partial charge in [0.25, 0.3) is 0 Å². The minimum atomic E-state index is -0.537. The van der Waals surface area contributed by atoms with E-state index in [1.54, 1.807) is 11.6 Å². The van der Waals surface area contributed by atoms with E-state index in [-0.39, 0.29) is 6.79 Å². The number of benzene rings is 2. The van der Waals surface area contributed by atoms with Crippen molar-refractivity contribution in [1.29, 1.82) is 0 Å². The fourth-order valence-corrected chi connectivity index (χ4v) is 4.78. The van der Waals surface area contributed by atoms with Crippen LogP contribution in [0.3, 0.4) is 0 Å². The first-order valence-corrected chi connectivity index (χ1v) is 10.9. The Morgan fingerprint density at radius 2 is 2.10 bits per heavy atom. The van der Waals surface area contributed by atoms with Gasteiger partial charge >= 0.3 is 0 Å². The Bertz CT molecular complexity index is 1230. The molecule has 3 aromatic rings. The van der Waals surface area contributed by atoms with Crippen molar-refractivity contribution in [2.24, 2.45) is 5.73 Å². The zero-order chi connectivity index (χ0) is 21.5. The first-order valence-electron chi connectivity index (χ1n) is 9.51. The normalized spacial score (nSPS) is 16.8. The number of fused-ring (bicyclic) bond motifs is 2. The number of amides is 1. The molecule has 1 atom stereocenters. The molecule has 0 unspecified atom stereocenters. The second-order valence-electron chi connectivity index (χ2n) is 7.09. The fourth-order valence-electron chi connectivity index (χ4n) is 3.66. The summed E-state index contributed by atoms with van der Waals surface area (Å²) in [4.78, 5) is 16.9. The third kappa shape index (κ3) is 3.60. The van der Waals surface area contributed by atoms with Gasteiger partial charge in [-0.05, 0) is 36.2 Å². The summed E-state index contributed by atoms with van der Waals surface area (Å²) in [5.74, 6) is 1.90. The summed E-state index contributed by atoms with van der Waals surface area (Å²) in [6.07, 6.45) is 0. The highest BCUT2D eigenvalue weighted by Gasteiger charge is 2.34. The minimum absolute atomic E-state index is 0.167. The molecule has 0 saturated carbocycles. The number of hydrogen-bond acceptors (Lipinski definition) is 7. The smallest absolute Gasteiger partial charge is 0.248 e. The van der Waals surface area contributed by atoms with E-state index in [0.717, 1.165) is 11.1 Å². The van der Waals surface area contributed by atoms with E-state index < -0.39 is 11.9 Å². The highest BCUT2D eigenvalue weighted by Crippen LogP contribution is 2.40. The topological polar surface area (TPSA) is 104 Å². The molecule has 3 heterocycles. The molecule has 10 heteroatoms. The number of nitrogens with one attached hydrogen (secondary N) is 1. The highest BCUT2D eigenvalue weighted by atomic mass is 35.5. The Morgan fingerprint density at radius 3 is 2.90 bits per heavy atom. The van der Waals surface area contributed by atoms with Gasteiger partial charge in [0, 0.05) is 16.5 Å². The lowest BCUT2D eigenvalue weighted by atomic mass is 9.95. The molecular formula is C21H18ClN5O3S. The first-order chi connectivity index (χ1) is 15.0. The van der Waals surface area contributed by atoms with Crippen LogP contribution < -0.4 is 20.5 Å². The average molecular weight is 456 g/mol. The zero-order valence-electron chi connectivity index (χ0n) is 16.5. The van der Waals surface area contributed by atoms with E-state index >= 15 is 0 Å². The zero-order valence-corrected chi connectivity index (χ0v) is 18.0. The third-order valence-corrected chi connectivity index (χ3v) is 6.38. The number of primary amides is 1. The van der Waals surface area contributed by atoms with Crippen LogP contribution in [0.4, 0.5) is 5.95 Å². The number of carbonyl (C=O) groups is 1. The number of aromatic nitrogens is 3.